The molecule has 0 radical (unpaired) electrons. The lowest BCUT2D eigenvalue weighted by atomic mass is 9.96. The molecule has 9 aromatic carbocycles. The fourth-order valence-electron chi connectivity index (χ4n) is 10.9. The van der Waals surface area contributed by atoms with Gasteiger partial charge in [-0.05, 0) is 54.6 Å². The van der Waals surface area contributed by atoms with Crippen LogP contribution in [0.3, 0.4) is 0 Å². The van der Waals surface area contributed by atoms with Crippen molar-refractivity contribution >= 4 is 107 Å². The van der Waals surface area contributed by atoms with Gasteiger partial charge in [0, 0.05) is 95.9 Å². The van der Waals surface area contributed by atoms with Crippen LogP contribution in [0.15, 0.2) is 213 Å². The molecule has 0 amide bonds. The number of benzene rings is 9. The monoisotopic (exact) mass is 953 g/mol. The van der Waals surface area contributed by atoms with E-state index < -0.39 is 0 Å². The topological polar surface area (TPSA) is 85.2 Å². The number of nitriles is 1. The second-order valence-electron chi connectivity index (χ2n) is 18.1. The van der Waals surface area contributed by atoms with E-state index in [4.69, 9.17) is 19.9 Å². The van der Waals surface area contributed by atoms with Crippen LogP contribution in [0.25, 0.3) is 141 Å². The molecular formula is C63H35N7S2. The van der Waals surface area contributed by atoms with Gasteiger partial charge in [0.25, 0.3) is 0 Å². The van der Waals surface area contributed by atoms with Crippen LogP contribution in [0.4, 0.5) is 0 Å². The molecule has 0 aliphatic carbocycles. The predicted molar refractivity (Wildman–Crippen MR) is 299 cm³/mol. The number of aromatic nitrogens is 6. The lowest BCUT2D eigenvalue weighted by molar-refractivity contribution is 1.07. The van der Waals surface area contributed by atoms with E-state index in [1.807, 2.05) is 102 Å². The van der Waals surface area contributed by atoms with E-state index in [9.17, 15) is 5.26 Å². The lowest BCUT2D eigenvalue weighted by Crippen LogP contribution is -2.05. The van der Waals surface area contributed by atoms with Gasteiger partial charge in [-0.25, -0.2) is 15.0 Å². The fraction of sp³-hybridized carbons (Fsp3) is 0. The zero-order valence-corrected chi connectivity index (χ0v) is 39.8. The molecule has 0 fully saturated rings. The minimum atomic E-state index is 0.458. The first-order valence-corrected chi connectivity index (χ1v) is 25.4. The van der Waals surface area contributed by atoms with Gasteiger partial charge in [0.1, 0.15) is 6.07 Å². The molecule has 9 heteroatoms. The third kappa shape index (κ3) is 6.07. The fourth-order valence-corrected chi connectivity index (χ4v) is 13.5. The summed E-state index contributed by atoms with van der Waals surface area (Å²) in [6.45, 7) is 0. The smallest absolute Gasteiger partial charge is 0.164 e. The Morgan fingerprint density at radius 3 is 1.44 bits per heavy atom. The van der Waals surface area contributed by atoms with E-state index in [-0.39, 0.29) is 0 Å². The quantitative estimate of drug-likeness (QED) is 0.166. The third-order valence-electron chi connectivity index (χ3n) is 14.1. The Bertz CT molecular complexity index is 4710. The molecule has 0 saturated carbocycles. The molecule has 0 atom stereocenters. The van der Waals surface area contributed by atoms with Crippen molar-refractivity contribution in [1.82, 2.24) is 29.1 Å². The van der Waals surface area contributed by atoms with Crippen LogP contribution in [-0.2, 0) is 0 Å². The second-order valence-corrected chi connectivity index (χ2v) is 20.2. The first-order valence-electron chi connectivity index (χ1n) is 23.8. The van der Waals surface area contributed by atoms with Gasteiger partial charge < -0.3 is 9.13 Å². The highest BCUT2D eigenvalue weighted by molar-refractivity contribution is 7.27. The molecule has 15 aromatic rings. The normalized spacial score (nSPS) is 11.9. The summed E-state index contributed by atoms with van der Waals surface area (Å²) in [5.74, 6) is 1.54. The largest absolute Gasteiger partial charge is 0.308 e. The highest BCUT2D eigenvalue weighted by atomic mass is 32.1. The van der Waals surface area contributed by atoms with Crippen molar-refractivity contribution in [2.75, 3.05) is 0 Å². The van der Waals surface area contributed by atoms with Crippen LogP contribution < -0.4 is 0 Å². The molecule has 0 spiro atoms. The number of rotatable bonds is 6. The minimum Gasteiger partial charge on any atom is -0.308 e. The molecule has 0 unspecified atom stereocenters. The molecular weight excluding hydrogens is 919 g/mol. The van der Waals surface area contributed by atoms with E-state index in [2.05, 4.69) is 149 Å². The average molecular weight is 954 g/mol. The van der Waals surface area contributed by atoms with E-state index in [0.29, 0.717) is 28.6 Å². The standard InChI is InChI=1S/C63H35N7S2/c64-34-40-31-39(63-67-61(37-15-3-1-4-16-37)66-62(68-63)38-17-5-2-6-18-38)33-49(58(40)70-51-24-12-8-22-48(51)57-53(70)30-28-46-44-20-10-14-26-55(44)72-60(46)57)41-32-42(36-65-35-41)69-50-23-11-7-21-47(50)56-52(69)29-27-45-43-19-9-13-25-54(43)71-59(45)56/h1-33,35-36H. The summed E-state index contributed by atoms with van der Waals surface area (Å²) in [6.07, 6.45) is 3.86. The zero-order valence-electron chi connectivity index (χ0n) is 38.2. The number of fused-ring (bicyclic) bond motifs is 14. The van der Waals surface area contributed by atoms with E-state index >= 15 is 0 Å². The Hall–Kier alpha value is -9.33. The molecule has 334 valence electrons. The molecule has 0 aliphatic heterocycles. The molecule has 0 bridgehead atoms. The molecule has 72 heavy (non-hydrogen) atoms. The number of pyridine rings is 1. The van der Waals surface area contributed by atoms with Crippen LogP contribution >= 0.6 is 22.7 Å². The Kier molecular flexibility index (Phi) is 8.93. The maximum absolute atomic E-state index is 11.6. The highest BCUT2D eigenvalue weighted by Gasteiger charge is 2.25. The Morgan fingerprint density at radius 1 is 0.389 bits per heavy atom. The van der Waals surface area contributed by atoms with Gasteiger partial charge in [-0.15, -0.1) is 22.7 Å². The van der Waals surface area contributed by atoms with Gasteiger partial charge in [-0.1, -0.05) is 146 Å². The van der Waals surface area contributed by atoms with Crippen molar-refractivity contribution in [3.63, 3.8) is 0 Å². The van der Waals surface area contributed by atoms with Crippen LogP contribution in [0, 0.1) is 11.3 Å². The van der Waals surface area contributed by atoms with Crippen molar-refractivity contribution in [2.24, 2.45) is 0 Å². The lowest BCUT2D eigenvalue weighted by Gasteiger charge is -2.18. The first-order chi connectivity index (χ1) is 35.7. The van der Waals surface area contributed by atoms with Crippen LogP contribution in [-0.4, -0.2) is 29.1 Å². The molecule has 15 rings (SSSR count). The summed E-state index contributed by atoms with van der Waals surface area (Å²) in [6, 6.07) is 72.5. The molecule has 0 saturated heterocycles. The number of hydrogen-bond donors (Lipinski definition) is 0. The number of para-hydroxylation sites is 2. The molecule has 6 aromatic heterocycles. The SMILES string of the molecule is N#Cc1cc(-c2nc(-c3ccccc3)nc(-c3ccccc3)n2)cc(-c2cncc(-n3c4ccccc4c4c5sc6ccccc6c5ccc43)c2)c1-n1c2ccccc2c2c3sc4ccccc4c3ccc21. The maximum Gasteiger partial charge on any atom is 0.164 e. The summed E-state index contributed by atoms with van der Waals surface area (Å²) in [7, 11) is 0. The predicted octanol–water partition coefficient (Wildman–Crippen LogP) is 16.7. The Labute approximate surface area is 419 Å². The third-order valence-corrected chi connectivity index (χ3v) is 16.5. The summed E-state index contributed by atoms with van der Waals surface area (Å²) < 4.78 is 9.61. The van der Waals surface area contributed by atoms with Crippen molar-refractivity contribution in [1.29, 1.82) is 5.26 Å². The number of nitrogens with zero attached hydrogens (tertiary/aromatic N) is 7. The van der Waals surface area contributed by atoms with Crippen molar-refractivity contribution in [3.8, 4) is 62.7 Å². The Balaban J connectivity index is 1.03. The highest BCUT2D eigenvalue weighted by Crippen LogP contribution is 2.47. The van der Waals surface area contributed by atoms with Crippen LogP contribution in [0.5, 0.6) is 0 Å². The Morgan fingerprint density at radius 2 is 0.875 bits per heavy atom. The number of thiophene rings is 2. The van der Waals surface area contributed by atoms with E-state index in [1.165, 1.54) is 51.1 Å². The van der Waals surface area contributed by atoms with E-state index in [0.717, 1.165) is 66.5 Å². The van der Waals surface area contributed by atoms with Gasteiger partial charge in [-0.3, -0.25) is 4.98 Å². The summed E-state index contributed by atoms with van der Waals surface area (Å²) in [4.78, 5) is 20.4. The first kappa shape index (κ1) is 40.5. The molecule has 7 nitrogen and oxygen atoms in total. The van der Waals surface area contributed by atoms with Crippen LogP contribution in [0.2, 0.25) is 0 Å². The second kappa shape index (κ2) is 15.9. The maximum atomic E-state index is 11.6. The van der Waals surface area contributed by atoms with Gasteiger partial charge in [0.05, 0.1) is 45.2 Å². The molecule has 0 N–H and O–H groups in total. The molecule has 6 heterocycles. The van der Waals surface area contributed by atoms with Gasteiger partial charge in [-0.2, -0.15) is 5.26 Å². The van der Waals surface area contributed by atoms with Crippen molar-refractivity contribution < 1.29 is 0 Å². The number of hydrogen-bond acceptors (Lipinski definition) is 7. The van der Waals surface area contributed by atoms with E-state index in [1.54, 1.807) is 0 Å². The summed E-state index contributed by atoms with van der Waals surface area (Å²) in [5.41, 5.74) is 10.4. The average Bonchev–Trinajstić information content (AvgIpc) is 4.21. The van der Waals surface area contributed by atoms with Gasteiger partial charge in [0.2, 0.25) is 0 Å². The summed E-state index contributed by atoms with van der Waals surface area (Å²) >= 11 is 3.66. The molecule has 0 aliphatic rings. The van der Waals surface area contributed by atoms with Gasteiger partial charge in [0.15, 0.2) is 17.5 Å². The zero-order chi connectivity index (χ0) is 47.4. The van der Waals surface area contributed by atoms with Crippen molar-refractivity contribution in [3.05, 3.63) is 218 Å². The van der Waals surface area contributed by atoms with Gasteiger partial charge >= 0.3 is 0 Å². The van der Waals surface area contributed by atoms with Crippen LogP contribution in [0.1, 0.15) is 5.56 Å². The van der Waals surface area contributed by atoms with Crippen molar-refractivity contribution in [2.45, 2.75) is 0 Å². The summed E-state index contributed by atoms with van der Waals surface area (Å²) in [5, 5.41) is 21.2. The minimum absolute atomic E-state index is 0.458.